The Kier molecular flexibility index (Phi) is 8.19. The number of hydrogen-bond acceptors (Lipinski definition) is 7. The van der Waals surface area contributed by atoms with Gasteiger partial charge in [-0.3, -0.25) is 9.89 Å². The maximum atomic E-state index is 15.7. The fourth-order valence-corrected chi connectivity index (χ4v) is 6.51. The number of halogens is 4. The van der Waals surface area contributed by atoms with Gasteiger partial charge in [-0.1, -0.05) is 12.1 Å². The van der Waals surface area contributed by atoms with Crippen LogP contribution in [0.5, 0.6) is 5.88 Å². The average molecular weight is 606 g/mol. The van der Waals surface area contributed by atoms with E-state index in [0.29, 0.717) is 18.5 Å². The number of nitrogens with zero attached hydrogens (tertiary/aromatic N) is 3. The van der Waals surface area contributed by atoms with Gasteiger partial charge in [0.2, 0.25) is 5.88 Å². The minimum Gasteiger partial charge on any atom is -0.480 e. The van der Waals surface area contributed by atoms with E-state index < -0.39 is 72.2 Å². The number of sulfone groups is 1. The molecule has 3 heterocycles. The molecule has 2 N–H and O–H groups in total. The Balaban J connectivity index is 1.44. The highest BCUT2D eigenvalue weighted by molar-refractivity contribution is 7.90. The van der Waals surface area contributed by atoms with Crippen molar-refractivity contribution in [2.45, 2.75) is 23.5 Å². The zero-order chi connectivity index (χ0) is 30.2. The summed E-state index contributed by atoms with van der Waals surface area (Å²) in [4.78, 5) is 18.0. The lowest BCUT2D eigenvalue weighted by molar-refractivity contribution is 0.0935. The molecule has 0 aliphatic carbocycles. The number of aromatic nitrogens is 3. The van der Waals surface area contributed by atoms with Crippen LogP contribution in [0.4, 0.5) is 17.6 Å². The van der Waals surface area contributed by atoms with E-state index in [-0.39, 0.29) is 16.6 Å². The molecule has 0 spiro atoms. The predicted octanol–water partition coefficient (Wildman–Crippen LogP) is 4.24. The number of amides is 1. The van der Waals surface area contributed by atoms with Crippen LogP contribution in [-0.2, 0) is 15.6 Å². The molecule has 1 amide bonds. The molecule has 0 saturated carbocycles. The number of carbonyl (C=O) groups is 1. The first-order valence-electron chi connectivity index (χ1n) is 13.0. The molecule has 1 saturated heterocycles. The molecular formula is C28H27F4N5O4S. The van der Waals surface area contributed by atoms with Crippen LogP contribution in [-0.4, -0.2) is 68.2 Å². The molecule has 0 radical (unpaired) electrons. The smallest absolute Gasteiger partial charge is 0.269 e. The molecule has 222 valence electrons. The van der Waals surface area contributed by atoms with Crippen LogP contribution in [0.3, 0.4) is 0 Å². The third-order valence-electron chi connectivity index (χ3n) is 7.38. The molecular weight excluding hydrogens is 578 g/mol. The number of rotatable bonds is 8. The molecule has 0 bridgehead atoms. The van der Waals surface area contributed by atoms with Gasteiger partial charge in [-0.25, -0.2) is 31.0 Å². The first-order chi connectivity index (χ1) is 20.0. The minimum absolute atomic E-state index is 0.00168. The number of fused-ring (bicyclic) bond motifs is 1. The number of benzene rings is 2. The van der Waals surface area contributed by atoms with Crippen molar-refractivity contribution in [3.8, 4) is 17.0 Å². The van der Waals surface area contributed by atoms with Crippen LogP contribution in [0.2, 0.25) is 0 Å². The maximum absolute atomic E-state index is 15.7. The molecule has 0 atom stereocenters. The molecule has 14 heteroatoms. The molecule has 2 aromatic heterocycles. The fraction of sp³-hybridized carbons (Fsp3) is 0.321. The van der Waals surface area contributed by atoms with E-state index in [1.54, 1.807) is 0 Å². The highest BCUT2D eigenvalue weighted by atomic mass is 32.2. The summed E-state index contributed by atoms with van der Waals surface area (Å²) in [6.07, 6.45) is 2.62. The highest BCUT2D eigenvalue weighted by Crippen LogP contribution is 2.35. The number of pyridine rings is 1. The number of ether oxygens (including phenoxy) is 1. The second-order valence-electron chi connectivity index (χ2n) is 10.2. The van der Waals surface area contributed by atoms with Crippen molar-refractivity contribution in [1.29, 1.82) is 0 Å². The van der Waals surface area contributed by atoms with Crippen LogP contribution in [0.1, 0.15) is 28.9 Å². The highest BCUT2D eigenvalue weighted by Gasteiger charge is 2.28. The summed E-state index contributed by atoms with van der Waals surface area (Å²) >= 11 is 0. The molecule has 1 aliphatic rings. The lowest BCUT2D eigenvalue weighted by atomic mass is 9.97. The first kappa shape index (κ1) is 29.5. The quantitative estimate of drug-likeness (QED) is 0.289. The van der Waals surface area contributed by atoms with E-state index in [2.05, 4.69) is 25.4 Å². The molecule has 9 nitrogen and oxygen atoms in total. The lowest BCUT2D eigenvalue weighted by Crippen LogP contribution is -2.37. The molecule has 4 aromatic rings. The van der Waals surface area contributed by atoms with Gasteiger partial charge in [0.1, 0.15) is 33.6 Å². The topological polar surface area (TPSA) is 117 Å². The summed E-state index contributed by atoms with van der Waals surface area (Å²) in [5.41, 5.74) is -2.14. The summed E-state index contributed by atoms with van der Waals surface area (Å²) < 4.78 is 90.9. The average Bonchev–Trinajstić information content (AvgIpc) is 3.40. The van der Waals surface area contributed by atoms with E-state index in [1.165, 1.54) is 6.07 Å². The number of piperidine rings is 1. The number of likely N-dealkylation sites (tertiary alicyclic amines) is 1. The molecule has 1 fully saturated rings. The number of aromatic amines is 1. The SMILES string of the molecule is COc1ncc(F)cc1S(=O)(=O)Cc1ccc(F)c(-c2ccc3c(C(=O)NCC4CCN(C)CC4)[nH]nc3c2F)c1F. The number of carbonyl (C=O) groups excluding carboxylic acids is 1. The van der Waals surface area contributed by atoms with Crippen LogP contribution in [0, 0.1) is 29.2 Å². The van der Waals surface area contributed by atoms with Gasteiger partial charge >= 0.3 is 0 Å². The van der Waals surface area contributed by atoms with Crippen molar-refractivity contribution in [3.05, 3.63) is 71.1 Å². The summed E-state index contributed by atoms with van der Waals surface area (Å²) in [5, 5.41) is 9.33. The minimum atomic E-state index is -4.43. The van der Waals surface area contributed by atoms with E-state index >= 15 is 8.78 Å². The first-order valence-corrected chi connectivity index (χ1v) is 14.7. The van der Waals surface area contributed by atoms with Gasteiger partial charge in [0.25, 0.3) is 5.91 Å². The molecule has 42 heavy (non-hydrogen) atoms. The lowest BCUT2D eigenvalue weighted by Gasteiger charge is -2.28. The monoisotopic (exact) mass is 605 g/mol. The molecule has 2 aromatic carbocycles. The Labute approximate surface area is 238 Å². The molecule has 5 rings (SSSR count). The summed E-state index contributed by atoms with van der Waals surface area (Å²) in [5.74, 6) is -6.14. The van der Waals surface area contributed by atoms with Crippen molar-refractivity contribution in [2.24, 2.45) is 5.92 Å². The standard InChI is InChI=1S/C28H27F4N5O4S/c1-37-9-7-15(8-10-37)12-33-27(38)26-19-5-4-18(24(32)25(19)35-36-26)22-20(30)6-3-16(23(22)31)14-42(39,40)21-11-17(29)13-34-28(21)41-2/h3-6,11,13,15H,7-10,12,14H2,1-2H3,(H,33,38)(H,35,36). The summed E-state index contributed by atoms with van der Waals surface area (Å²) in [6, 6.07) is 4.80. The van der Waals surface area contributed by atoms with Gasteiger partial charge < -0.3 is 15.0 Å². The third kappa shape index (κ3) is 5.68. The predicted molar refractivity (Wildman–Crippen MR) is 146 cm³/mol. The van der Waals surface area contributed by atoms with E-state index in [4.69, 9.17) is 4.74 Å². The van der Waals surface area contributed by atoms with Gasteiger partial charge in [0.05, 0.1) is 24.6 Å². The zero-order valence-corrected chi connectivity index (χ0v) is 23.5. The summed E-state index contributed by atoms with van der Waals surface area (Å²) in [6.45, 7) is 2.30. The molecule has 0 unspecified atom stereocenters. The second kappa shape index (κ2) is 11.7. The maximum Gasteiger partial charge on any atom is 0.269 e. The number of methoxy groups -OCH3 is 1. The van der Waals surface area contributed by atoms with Gasteiger partial charge in [0.15, 0.2) is 15.7 Å². The fourth-order valence-electron chi connectivity index (χ4n) is 5.03. The van der Waals surface area contributed by atoms with Crippen LogP contribution >= 0.6 is 0 Å². The van der Waals surface area contributed by atoms with Crippen molar-refractivity contribution >= 4 is 26.6 Å². The Morgan fingerprint density at radius 2 is 1.86 bits per heavy atom. The van der Waals surface area contributed by atoms with Gasteiger partial charge in [-0.15, -0.1) is 0 Å². The normalized spacial score (nSPS) is 14.8. The third-order valence-corrected chi connectivity index (χ3v) is 9.03. The number of nitrogens with one attached hydrogen (secondary N) is 2. The van der Waals surface area contributed by atoms with Crippen molar-refractivity contribution < 1.29 is 35.5 Å². The van der Waals surface area contributed by atoms with Crippen molar-refractivity contribution in [1.82, 2.24) is 25.4 Å². The zero-order valence-electron chi connectivity index (χ0n) is 22.7. The van der Waals surface area contributed by atoms with E-state index in [9.17, 15) is 22.0 Å². The van der Waals surface area contributed by atoms with Gasteiger partial charge in [-0.05, 0) is 57.1 Å². The Bertz CT molecular complexity index is 1770. The van der Waals surface area contributed by atoms with Crippen LogP contribution < -0.4 is 10.1 Å². The largest absolute Gasteiger partial charge is 0.480 e. The van der Waals surface area contributed by atoms with Gasteiger partial charge in [-0.2, -0.15) is 5.10 Å². The van der Waals surface area contributed by atoms with Crippen molar-refractivity contribution in [3.63, 3.8) is 0 Å². The van der Waals surface area contributed by atoms with E-state index in [0.717, 1.165) is 57.4 Å². The van der Waals surface area contributed by atoms with Gasteiger partial charge in [0, 0.05) is 23.1 Å². The number of hydrogen-bond donors (Lipinski definition) is 2. The molecule has 1 aliphatic heterocycles. The van der Waals surface area contributed by atoms with Crippen LogP contribution in [0.25, 0.3) is 22.0 Å². The van der Waals surface area contributed by atoms with Crippen molar-refractivity contribution in [2.75, 3.05) is 33.8 Å². The Morgan fingerprint density at radius 3 is 2.57 bits per heavy atom. The second-order valence-corrected chi connectivity index (χ2v) is 12.2. The number of H-pyrrole nitrogens is 1. The summed E-state index contributed by atoms with van der Waals surface area (Å²) in [7, 11) is -1.26. The van der Waals surface area contributed by atoms with E-state index in [1.807, 2.05) is 7.05 Å². The Hall–Kier alpha value is -4.04. The Morgan fingerprint density at radius 1 is 1.12 bits per heavy atom. The van der Waals surface area contributed by atoms with Crippen LogP contribution in [0.15, 0.2) is 41.4 Å².